The fourth-order valence-electron chi connectivity index (χ4n) is 5.15. The maximum atomic E-state index is 11.9. The van der Waals surface area contributed by atoms with Crippen molar-refractivity contribution < 1.29 is 4.42 Å². The van der Waals surface area contributed by atoms with Gasteiger partial charge < -0.3 is 8.82 Å². The molecule has 0 radical (unpaired) electrons. The molecular weight excluding hydrogens is 394 g/mol. The highest BCUT2D eigenvalue weighted by Crippen LogP contribution is 2.42. The standard InChI is InChI=1S/C29H17NO2/c31-26-17-14-23-25(32-26)16-15-24-27(23)19-10-4-5-11-20(19)29-22-13-7-6-12-21(22)28(30(24)29)18-8-2-1-3-9-18/h1-17H. The van der Waals surface area contributed by atoms with Crippen LogP contribution >= 0.6 is 0 Å². The van der Waals surface area contributed by atoms with E-state index in [4.69, 9.17) is 4.42 Å². The molecule has 0 saturated heterocycles. The predicted octanol–water partition coefficient (Wildman–Crippen LogP) is 7.17. The minimum absolute atomic E-state index is 0.334. The van der Waals surface area contributed by atoms with Gasteiger partial charge in [0.05, 0.1) is 16.7 Å². The molecule has 32 heavy (non-hydrogen) atoms. The molecular formula is C29H17NO2. The van der Waals surface area contributed by atoms with Crippen LogP contribution in [0.5, 0.6) is 0 Å². The van der Waals surface area contributed by atoms with Crippen LogP contribution in [0.3, 0.4) is 0 Å². The van der Waals surface area contributed by atoms with Gasteiger partial charge in [0.2, 0.25) is 0 Å². The molecule has 3 heteroatoms. The Morgan fingerprint density at radius 1 is 0.562 bits per heavy atom. The van der Waals surface area contributed by atoms with Crippen molar-refractivity contribution in [2.45, 2.75) is 0 Å². The fourth-order valence-corrected chi connectivity index (χ4v) is 5.15. The lowest BCUT2D eigenvalue weighted by molar-refractivity contribution is 0.561. The van der Waals surface area contributed by atoms with Gasteiger partial charge >= 0.3 is 5.63 Å². The van der Waals surface area contributed by atoms with Gasteiger partial charge in [-0.1, -0.05) is 78.9 Å². The fraction of sp³-hybridized carbons (Fsp3) is 0. The van der Waals surface area contributed by atoms with Crippen LogP contribution in [0.2, 0.25) is 0 Å². The number of aromatic nitrogens is 1. The summed E-state index contributed by atoms with van der Waals surface area (Å²) in [6.07, 6.45) is 0. The summed E-state index contributed by atoms with van der Waals surface area (Å²) in [5.74, 6) is 0. The first-order valence-electron chi connectivity index (χ1n) is 10.7. The van der Waals surface area contributed by atoms with Crippen LogP contribution in [0, 0.1) is 0 Å². The Labute approximate surface area is 182 Å². The zero-order valence-electron chi connectivity index (χ0n) is 17.1. The zero-order valence-corrected chi connectivity index (χ0v) is 17.1. The number of rotatable bonds is 1. The van der Waals surface area contributed by atoms with Gasteiger partial charge in [-0.05, 0) is 29.1 Å². The van der Waals surface area contributed by atoms with E-state index >= 15 is 0 Å². The summed E-state index contributed by atoms with van der Waals surface area (Å²) in [5, 5.41) is 6.80. The lowest BCUT2D eigenvalue weighted by Gasteiger charge is -2.14. The van der Waals surface area contributed by atoms with Gasteiger partial charge in [-0.15, -0.1) is 0 Å². The molecule has 7 aromatic rings. The average Bonchev–Trinajstić information content (AvgIpc) is 3.20. The molecule has 0 aliphatic heterocycles. The Bertz CT molecular complexity index is 1890. The lowest BCUT2D eigenvalue weighted by atomic mass is 10.0. The molecule has 4 aromatic carbocycles. The Kier molecular flexibility index (Phi) is 3.42. The van der Waals surface area contributed by atoms with Crippen LogP contribution in [0.1, 0.15) is 0 Å². The van der Waals surface area contributed by atoms with Crippen molar-refractivity contribution in [3.05, 3.63) is 114 Å². The molecule has 0 aliphatic carbocycles. The molecule has 0 fully saturated rings. The summed E-state index contributed by atoms with van der Waals surface area (Å²) >= 11 is 0. The molecule has 0 atom stereocenters. The van der Waals surface area contributed by atoms with Crippen molar-refractivity contribution in [3.63, 3.8) is 0 Å². The Balaban J connectivity index is 1.87. The summed E-state index contributed by atoms with van der Waals surface area (Å²) in [6.45, 7) is 0. The maximum Gasteiger partial charge on any atom is 0.336 e. The molecule has 0 aliphatic rings. The highest BCUT2D eigenvalue weighted by atomic mass is 16.4. The van der Waals surface area contributed by atoms with Gasteiger partial charge in [-0.25, -0.2) is 4.79 Å². The third-order valence-corrected chi connectivity index (χ3v) is 6.40. The van der Waals surface area contributed by atoms with Gasteiger partial charge in [0, 0.05) is 33.0 Å². The van der Waals surface area contributed by atoms with Crippen molar-refractivity contribution >= 4 is 48.9 Å². The van der Waals surface area contributed by atoms with Crippen molar-refractivity contribution in [1.29, 1.82) is 0 Å². The van der Waals surface area contributed by atoms with Crippen LogP contribution in [0.4, 0.5) is 0 Å². The molecule has 3 nitrogen and oxygen atoms in total. The summed E-state index contributed by atoms with van der Waals surface area (Å²) in [5.41, 5.74) is 4.89. The quantitative estimate of drug-likeness (QED) is 0.212. The van der Waals surface area contributed by atoms with Crippen molar-refractivity contribution in [1.82, 2.24) is 4.40 Å². The number of benzene rings is 4. The molecule has 0 N–H and O–H groups in total. The first kappa shape index (κ1) is 17.3. The second-order valence-corrected chi connectivity index (χ2v) is 8.12. The largest absolute Gasteiger partial charge is 0.423 e. The molecule has 0 amide bonds. The number of hydrogen-bond acceptors (Lipinski definition) is 2. The summed E-state index contributed by atoms with van der Waals surface area (Å²) in [7, 11) is 0. The highest BCUT2D eigenvalue weighted by molar-refractivity contribution is 6.27. The van der Waals surface area contributed by atoms with Gasteiger partial charge in [-0.3, -0.25) is 0 Å². The Morgan fingerprint density at radius 3 is 2.00 bits per heavy atom. The topological polar surface area (TPSA) is 34.6 Å². The Hall–Kier alpha value is -4.37. The van der Waals surface area contributed by atoms with Gasteiger partial charge in [0.1, 0.15) is 5.58 Å². The van der Waals surface area contributed by atoms with E-state index in [2.05, 4.69) is 83.3 Å². The number of nitrogens with zero attached hydrogens (tertiary/aromatic N) is 1. The second-order valence-electron chi connectivity index (χ2n) is 8.12. The summed E-state index contributed by atoms with van der Waals surface area (Å²) < 4.78 is 7.92. The van der Waals surface area contributed by atoms with Crippen LogP contribution < -0.4 is 5.63 Å². The predicted molar refractivity (Wildman–Crippen MR) is 131 cm³/mol. The molecule has 0 saturated carbocycles. The van der Waals surface area contributed by atoms with E-state index in [0.29, 0.717) is 5.58 Å². The van der Waals surface area contributed by atoms with Crippen molar-refractivity contribution in [2.24, 2.45) is 0 Å². The van der Waals surface area contributed by atoms with Crippen LogP contribution in [0.15, 0.2) is 112 Å². The monoisotopic (exact) mass is 411 g/mol. The van der Waals surface area contributed by atoms with Crippen molar-refractivity contribution in [3.8, 4) is 11.3 Å². The third-order valence-electron chi connectivity index (χ3n) is 6.40. The first-order valence-corrected chi connectivity index (χ1v) is 10.7. The Morgan fingerprint density at radius 2 is 1.22 bits per heavy atom. The third kappa shape index (κ3) is 2.22. The van der Waals surface area contributed by atoms with E-state index in [1.54, 1.807) is 0 Å². The summed E-state index contributed by atoms with van der Waals surface area (Å²) in [4.78, 5) is 11.9. The molecule has 3 aromatic heterocycles. The first-order chi connectivity index (χ1) is 15.8. The smallest absolute Gasteiger partial charge is 0.336 e. The maximum absolute atomic E-state index is 11.9. The molecule has 0 unspecified atom stereocenters. The minimum Gasteiger partial charge on any atom is -0.423 e. The van der Waals surface area contributed by atoms with Crippen LogP contribution in [0.25, 0.3) is 60.2 Å². The van der Waals surface area contributed by atoms with E-state index < -0.39 is 0 Å². The van der Waals surface area contributed by atoms with Gasteiger partial charge in [0.25, 0.3) is 0 Å². The number of pyridine rings is 1. The molecule has 3 heterocycles. The van der Waals surface area contributed by atoms with Crippen LogP contribution in [-0.2, 0) is 0 Å². The SMILES string of the molecule is O=c1ccc2c(ccc3c2c2ccccc2c2c4ccccc4c(-c4ccccc4)n32)o1. The van der Waals surface area contributed by atoms with Crippen LogP contribution in [-0.4, -0.2) is 4.40 Å². The normalized spacial score (nSPS) is 11.9. The number of hydrogen-bond donors (Lipinski definition) is 0. The molecule has 150 valence electrons. The van der Waals surface area contributed by atoms with E-state index in [-0.39, 0.29) is 5.63 Å². The van der Waals surface area contributed by atoms with E-state index in [0.717, 1.165) is 21.7 Å². The molecule has 0 bridgehead atoms. The number of fused-ring (bicyclic) bond motifs is 10. The zero-order chi connectivity index (χ0) is 21.2. The van der Waals surface area contributed by atoms with Gasteiger partial charge in [0.15, 0.2) is 0 Å². The van der Waals surface area contributed by atoms with Crippen molar-refractivity contribution in [2.75, 3.05) is 0 Å². The summed E-state index contributed by atoms with van der Waals surface area (Å²) in [6, 6.07) is 35.0. The van der Waals surface area contributed by atoms with E-state index in [9.17, 15) is 4.79 Å². The van der Waals surface area contributed by atoms with Gasteiger partial charge in [-0.2, -0.15) is 0 Å². The van der Waals surface area contributed by atoms with E-state index in [1.807, 2.05) is 18.2 Å². The second kappa shape index (κ2) is 6.32. The minimum atomic E-state index is -0.334. The van der Waals surface area contributed by atoms with E-state index in [1.165, 1.54) is 39.0 Å². The average molecular weight is 411 g/mol. The molecule has 7 rings (SSSR count). The lowest BCUT2D eigenvalue weighted by Crippen LogP contribution is -1.97. The highest BCUT2D eigenvalue weighted by Gasteiger charge is 2.20. The molecule has 0 spiro atoms.